The van der Waals surface area contributed by atoms with Gasteiger partial charge in [0.15, 0.2) is 0 Å². The van der Waals surface area contributed by atoms with E-state index in [4.69, 9.17) is 0 Å². The molecule has 0 aliphatic heterocycles. The molecule has 2 nitrogen and oxygen atoms in total. The zero-order chi connectivity index (χ0) is 12.2. The van der Waals surface area contributed by atoms with E-state index in [1.807, 2.05) is 13.8 Å². The summed E-state index contributed by atoms with van der Waals surface area (Å²) < 4.78 is 37.6. The van der Waals surface area contributed by atoms with E-state index in [0.29, 0.717) is 6.54 Å². The van der Waals surface area contributed by atoms with Gasteiger partial charge >= 0.3 is 6.18 Å². The van der Waals surface area contributed by atoms with Crippen LogP contribution in [0, 0.1) is 0 Å². The average molecular weight is 230 g/mol. The fourth-order valence-electron chi connectivity index (χ4n) is 1.13. The smallest absolute Gasteiger partial charge is 0.366 e. The van der Waals surface area contributed by atoms with Crippen LogP contribution in [-0.4, -0.2) is 11.5 Å². The monoisotopic (exact) mass is 230 g/mol. The molecule has 0 atom stereocenters. The number of hydrogen-bond donors (Lipinski definition) is 1. The highest BCUT2D eigenvalue weighted by molar-refractivity contribution is 5.45. The summed E-state index contributed by atoms with van der Waals surface area (Å²) in [5.74, 6) is -0.132. The summed E-state index contributed by atoms with van der Waals surface area (Å²) in [6.45, 7) is 4.10. The average Bonchev–Trinajstić information content (AvgIpc) is 2.16. The molecule has 88 valence electrons. The maximum atomic E-state index is 12.5. The predicted molar refractivity (Wildman–Crippen MR) is 57.2 cm³/mol. The second-order valence-corrected chi connectivity index (χ2v) is 3.56. The van der Waals surface area contributed by atoms with Gasteiger partial charge in [-0.3, -0.25) is 0 Å². The molecule has 1 aromatic heterocycles. The van der Waals surface area contributed by atoms with Gasteiger partial charge in [0.25, 0.3) is 0 Å². The molecule has 1 heterocycles. The summed E-state index contributed by atoms with van der Waals surface area (Å²) in [5.41, 5.74) is 0.300. The Balaban J connectivity index is 2.84. The van der Waals surface area contributed by atoms with Gasteiger partial charge in [-0.15, -0.1) is 0 Å². The van der Waals surface area contributed by atoms with Crippen molar-refractivity contribution in [3.05, 3.63) is 35.5 Å². The maximum Gasteiger partial charge on any atom is 0.419 e. The molecule has 5 heteroatoms. The summed E-state index contributed by atoms with van der Waals surface area (Å²) in [6.07, 6.45) is -1.24. The van der Waals surface area contributed by atoms with Crippen LogP contribution in [0.15, 0.2) is 30.0 Å². The first-order chi connectivity index (χ1) is 7.41. The molecule has 0 saturated heterocycles. The van der Waals surface area contributed by atoms with Crippen molar-refractivity contribution in [2.24, 2.45) is 0 Å². The Labute approximate surface area is 92.2 Å². The fraction of sp³-hybridized carbons (Fsp3) is 0.364. The molecule has 0 saturated carbocycles. The lowest BCUT2D eigenvalue weighted by atomic mass is 10.2. The highest BCUT2D eigenvalue weighted by atomic mass is 19.4. The molecule has 0 amide bonds. The first-order valence-corrected chi connectivity index (χ1v) is 4.80. The molecule has 0 radical (unpaired) electrons. The number of alkyl halides is 3. The van der Waals surface area contributed by atoms with Gasteiger partial charge in [-0.25, -0.2) is 4.98 Å². The molecule has 0 unspecified atom stereocenters. The molecule has 0 fully saturated rings. The third-order valence-electron chi connectivity index (χ3n) is 1.89. The zero-order valence-electron chi connectivity index (χ0n) is 9.10. The van der Waals surface area contributed by atoms with Gasteiger partial charge in [0.1, 0.15) is 5.82 Å². The van der Waals surface area contributed by atoms with E-state index in [-0.39, 0.29) is 5.82 Å². The van der Waals surface area contributed by atoms with E-state index in [9.17, 15) is 13.2 Å². The molecule has 0 aromatic carbocycles. The molecule has 1 aromatic rings. The van der Waals surface area contributed by atoms with Crippen LogP contribution in [0.2, 0.25) is 0 Å². The van der Waals surface area contributed by atoms with Gasteiger partial charge in [-0.2, -0.15) is 13.2 Å². The summed E-state index contributed by atoms with van der Waals surface area (Å²) in [5, 5.41) is 2.64. The number of aromatic nitrogens is 1. The Morgan fingerprint density at radius 1 is 1.44 bits per heavy atom. The molecule has 16 heavy (non-hydrogen) atoms. The topological polar surface area (TPSA) is 24.9 Å². The lowest BCUT2D eigenvalue weighted by Gasteiger charge is -2.11. The Hall–Kier alpha value is -1.52. The standard InChI is InChI=1S/C11H13F3N2/c1-8(2)5-7-16-10-9(11(12,13)14)4-3-6-15-10/h3-6H,7H2,1-2H3,(H,15,16). The van der Waals surface area contributed by atoms with E-state index >= 15 is 0 Å². The molecule has 0 spiro atoms. The first-order valence-electron chi connectivity index (χ1n) is 4.80. The zero-order valence-corrected chi connectivity index (χ0v) is 9.10. The van der Waals surface area contributed by atoms with Crippen molar-refractivity contribution in [2.45, 2.75) is 20.0 Å². The van der Waals surface area contributed by atoms with E-state index < -0.39 is 11.7 Å². The van der Waals surface area contributed by atoms with E-state index in [2.05, 4.69) is 10.3 Å². The van der Waals surface area contributed by atoms with Crippen molar-refractivity contribution in [3.63, 3.8) is 0 Å². The molecular weight excluding hydrogens is 217 g/mol. The molecule has 1 N–H and O–H groups in total. The van der Waals surface area contributed by atoms with Crippen LogP contribution in [0.4, 0.5) is 19.0 Å². The SMILES string of the molecule is CC(C)=CCNc1ncccc1C(F)(F)F. The Morgan fingerprint density at radius 2 is 2.12 bits per heavy atom. The van der Waals surface area contributed by atoms with Crippen LogP contribution in [0.25, 0.3) is 0 Å². The minimum absolute atomic E-state index is 0.132. The van der Waals surface area contributed by atoms with Gasteiger partial charge in [-0.1, -0.05) is 11.6 Å². The van der Waals surface area contributed by atoms with Gasteiger partial charge in [0.2, 0.25) is 0 Å². The van der Waals surface area contributed by atoms with Crippen molar-refractivity contribution in [1.29, 1.82) is 0 Å². The summed E-state index contributed by atoms with van der Waals surface area (Å²) in [7, 11) is 0. The largest absolute Gasteiger partial charge is 0.419 e. The highest BCUT2D eigenvalue weighted by Gasteiger charge is 2.33. The maximum absolute atomic E-state index is 12.5. The minimum Gasteiger partial charge on any atom is -0.366 e. The van der Waals surface area contributed by atoms with Gasteiger partial charge in [0, 0.05) is 12.7 Å². The molecule has 0 bridgehead atoms. The van der Waals surface area contributed by atoms with Crippen molar-refractivity contribution >= 4 is 5.82 Å². The van der Waals surface area contributed by atoms with Gasteiger partial charge in [-0.05, 0) is 26.0 Å². The minimum atomic E-state index is -4.37. The lowest BCUT2D eigenvalue weighted by Crippen LogP contribution is -2.12. The van der Waals surface area contributed by atoms with E-state index in [1.54, 1.807) is 6.08 Å². The van der Waals surface area contributed by atoms with Crippen LogP contribution in [-0.2, 0) is 6.18 Å². The van der Waals surface area contributed by atoms with Gasteiger partial charge < -0.3 is 5.32 Å². The normalized spacial score (nSPS) is 11.1. The Bertz CT molecular complexity index is 379. The third-order valence-corrected chi connectivity index (χ3v) is 1.89. The number of hydrogen-bond acceptors (Lipinski definition) is 2. The van der Waals surface area contributed by atoms with E-state index in [1.165, 1.54) is 12.3 Å². The molecule has 0 aliphatic carbocycles. The predicted octanol–water partition coefficient (Wildman–Crippen LogP) is 3.48. The second-order valence-electron chi connectivity index (χ2n) is 3.56. The van der Waals surface area contributed by atoms with Crippen LogP contribution in [0.5, 0.6) is 0 Å². The number of rotatable bonds is 3. The lowest BCUT2D eigenvalue weighted by molar-refractivity contribution is -0.137. The van der Waals surface area contributed by atoms with Gasteiger partial charge in [0.05, 0.1) is 5.56 Å². The molecule has 1 rings (SSSR count). The highest BCUT2D eigenvalue weighted by Crippen LogP contribution is 2.33. The fourth-order valence-corrected chi connectivity index (χ4v) is 1.13. The quantitative estimate of drug-likeness (QED) is 0.804. The number of nitrogens with zero attached hydrogens (tertiary/aromatic N) is 1. The Kier molecular flexibility index (Phi) is 3.93. The number of anilines is 1. The van der Waals surface area contributed by atoms with Crippen LogP contribution in [0.1, 0.15) is 19.4 Å². The van der Waals surface area contributed by atoms with Crippen molar-refractivity contribution in [2.75, 3.05) is 11.9 Å². The van der Waals surface area contributed by atoms with Crippen molar-refractivity contribution in [1.82, 2.24) is 4.98 Å². The second kappa shape index (κ2) is 5.01. The number of nitrogens with one attached hydrogen (secondary N) is 1. The van der Waals surface area contributed by atoms with Crippen molar-refractivity contribution in [3.8, 4) is 0 Å². The Morgan fingerprint density at radius 3 is 2.69 bits per heavy atom. The molecular formula is C11H13F3N2. The van der Waals surface area contributed by atoms with Crippen LogP contribution < -0.4 is 5.32 Å². The van der Waals surface area contributed by atoms with Crippen molar-refractivity contribution < 1.29 is 13.2 Å². The number of allylic oxidation sites excluding steroid dienone is 1. The number of pyridine rings is 1. The third kappa shape index (κ3) is 3.56. The number of halogens is 3. The summed E-state index contributed by atoms with van der Waals surface area (Å²) >= 11 is 0. The van der Waals surface area contributed by atoms with Crippen LogP contribution in [0.3, 0.4) is 0 Å². The van der Waals surface area contributed by atoms with Crippen LogP contribution >= 0.6 is 0 Å². The van der Waals surface area contributed by atoms with E-state index in [0.717, 1.165) is 11.6 Å². The first kappa shape index (κ1) is 12.5. The molecule has 0 aliphatic rings. The summed E-state index contributed by atoms with van der Waals surface area (Å²) in [6, 6.07) is 2.28. The summed E-state index contributed by atoms with van der Waals surface area (Å²) in [4.78, 5) is 3.68.